The third kappa shape index (κ3) is 2.67. The van der Waals surface area contributed by atoms with Crippen molar-refractivity contribution >= 4 is 16.8 Å². The number of piperidine rings is 1. The predicted molar refractivity (Wildman–Crippen MR) is 94.4 cm³/mol. The maximum Gasteiger partial charge on any atom is 0.250 e. The van der Waals surface area contributed by atoms with Gasteiger partial charge in [0.15, 0.2) is 0 Å². The van der Waals surface area contributed by atoms with Crippen LogP contribution in [0.1, 0.15) is 36.0 Å². The molecule has 0 saturated carbocycles. The van der Waals surface area contributed by atoms with Crippen LogP contribution >= 0.6 is 0 Å². The summed E-state index contributed by atoms with van der Waals surface area (Å²) >= 11 is 0. The molecule has 2 heterocycles. The number of nitrogens with two attached hydrogens (primary N) is 1. The van der Waals surface area contributed by atoms with Gasteiger partial charge in [-0.1, -0.05) is 24.3 Å². The fourth-order valence-electron chi connectivity index (χ4n) is 3.26. The van der Waals surface area contributed by atoms with Crippen molar-refractivity contribution in [3.05, 3.63) is 59.8 Å². The third-order valence-electron chi connectivity index (χ3n) is 4.56. The molecule has 1 saturated heterocycles. The molecule has 0 aliphatic carbocycles. The topological polar surface area (TPSA) is 72.9 Å². The number of benzene rings is 2. The number of carbonyl (C=O) groups excluding carboxylic acids is 1. The van der Waals surface area contributed by atoms with Crippen LogP contribution in [0.25, 0.3) is 16.6 Å². The summed E-state index contributed by atoms with van der Waals surface area (Å²) in [5.41, 5.74) is 8.65. The molecule has 122 valence electrons. The Bertz CT molecular complexity index is 919. The molecule has 0 spiro atoms. The van der Waals surface area contributed by atoms with E-state index in [0.717, 1.165) is 30.6 Å². The molecular formula is C19H20N4O. The number of primary amides is 1. The van der Waals surface area contributed by atoms with E-state index in [-0.39, 0.29) is 6.40 Å². The number of hydrogen-bond donors (Lipinski definition) is 2. The molecule has 1 aromatic heterocycles. The van der Waals surface area contributed by atoms with Gasteiger partial charge in [0.25, 0.3) is 5.91 Å². The van der Waals surface area contributed by atoms with E-state index in [4.69, 9.17) is 7.10 Å². The number of carbonyl (C=O) groups is 1. The zero-order chi connectivity index (χ0) is 17.4. The fraction of sp³-hybridized carbons (Fsp3) is 0.263. The highest BCUT2D eigenvalue weighted by Crippen LogP contribution is 2.25. The lowest BCUT2D eigenvalue weighted by Gasteiger charge is -2.23. The molecule has 1 fully saturated rings. The number of nitrogens with one attached hydrogen (secondary N) is 1. The SMILES string of the molecule is [2H]C1CNC[C@H](c2ccc(-n3cc4cccc(C(N)=O)c4n3)cc2)C1. The summed E-state index contributed by atoms with van der Waals surface area (Å²) < 4.78 is 9.70. The van der Waals surface area contributed by atoms with Crippen LogP contribution in [0.4, 0.5) is 0 Å². The van der Waals surface area contributed by atoms with Crippen molar-refractivity contribution in [2.24, 2.45) is 5.73 Å². The number of amides is 1. The first kappa shape index (κ1) is 13.7. The predicted octanol–water partition coefficient (Wildman–Crippen LogP) is 2.59. The molecule has 0 radical (unpaired) electrons. The third-order valence-corrected chi connectivity index (χ3v) is 4.56. The molecule has 4 rings (SSSR count). The van der Waals surface area contributed by atoms with Crippen LogP contribution in [0.15, 0.2) is 48.7 Å². The average Bonchev–Trinajstić information content (AvgIpc) is 3.06. The molecule has 1 aliphatic rings. The van der Waals surface area contributed by atoms with Gasteiger partial charge in [-0.3, -0.25) is 4.79 Å². The van der Waals surface area contributed by atoms with Crippen LogP contribution in [0.5, 0.6) is 0 Å². The van der Waals surface area contributed by atoms with Crippen molar-refractivity contribution in [3.63, 3.8) is 0 Å². The summed E-state index contributed by atoms with van der Waals surface area (Å²) in [6.45, 7) is 1.69. The second kappa shape index (κ2) is 6.09. The van der Waals surface area contributed by atoms with E-state index >= 15 is 0 Å². The number of rotatable bonds is 3. The highest BCUT2D eigenvalue weighted by Gasteiger charge is 2.15. The first-order chi connectivity index (χ1) is 12.1. The zero-order valence-electron chi connectivity index (χ0n) is 14.3. The van der Waals surface area contributed by atoms with Gasteiger partial charge in [-0.15, -0.1) is 0 Å². The largest absolute Gasteiger partial charge is 0.366 e. The van der Waals surface area contributed by atoms with Crippen molar-refractivity contribution in [1.82, 2.24) is 15.1 Å². The molecule has 1 unspecified atom stereocenters. The molecule has 2 atom stereocenters. The van der Waals surface area contributed by atoms with Crippen LogP contribution in [-0.2, 0) is 0 Å². The fourth-order valence-corrected chi connectivity index (χ4v) is 3.26. The van der Waals surface area contributed by atoms with E-state index in [1.54, 1.807) is 10.7 Å². The zero-order valence-corrected chi connectivity index (χ0v) is 13.3. The van der Waals surface area contributed by atoms with Crippen molar-refractivity contribution in [2.45, 2.75) is 18.7 Å². The number of nitrogens with zero attached hydrogens (tertiary/aromatic N) is 2. The van der Waals surface area contributed by atoms with Crippen LogP contribution in [-0.4, -0.2) is 28.8 Å². The minimum atomic E-state index is -0.471. The van der Waals surface area contributed by atoms with Gasteiger partial charge in [0, 0.05) is 19.5 Å². The Balaban J connectivity index is 1.65. The van der Waals surface area contributed by atoms with Crippen molar-refractivity contribution in [2.75, 3.05) is 13.1 Å². The van der Waals surface area contributed by atoms with Crippen molar-refractivity contribution < 1.29 is 6.17 Å². The Labute approximate surface area is 141 Å². The number of hydrogen-bond acceptors (Lipinski definition) is 3. The molecule has 3 aromatic rings. The lowest BCUT2D eigenvalue weighted by atomic mass is 9.92. The minimum Gasteiger partial charge on any atom is -0.366 e. The Hall–Kier alpha value is -2.66. The van der Waals surface area contributed by atoms with E-state index in [2.05, 4.69) is 22.5 Å². The lowest BCUT2D eigenvalue weighted by Crippen LogP contribution is -2.28. The highest BCUT2D eigenvalue weighted by molar-refractivity contribution is 6.04. The van der Waals surface area contributed by atoms with Gasteiger partial charge in [-0.25, -0.2) is 4.68 Å². The van der Waals surface area contributed by atoms with Gasteiger partial charge in [0.2, 0.25) is 0 Å². The molecule has 1 amide bonds. The van der Waals surface area contributed by atoms with Crippen LogP contribution in [0, 0.1) is 0 Å². The van der Waals surface area contributed by atoms with E-state index in [9.17, 15) is 4.79 Å². The maximum atomic E-state index is 11.6. The molecule has 3 N–H and O–H groups in total. The first-order valence-electron chi connectivity index (χ1n) is 8.71. The summed E-state index contributed by atoms with van der Waals surface area (Å²) in [6, 6.07) is 13.7. The quantitative estimate of drug-likeness (QED) is 0.779. The van der Waals surface area contributed by atoms with Crippen LogP contribution in [0.2, 0.25) is 0 Å². The molecule has 5 heteroatoms. The molecule has 1 aliphatic heterocycles. The lowest BCUT2D eigenvalue weighted by molar-refractivity contribution is 0.100. The molecule has 24 heavy (non-hydrogen) atoms. The standard InChI is InChI=1S/C19H20N4O/c20-19(24)17-5-1-3-15-12-23(22-18(15)17)16-8-6-13(7-9-16)14-4-2-10-21-11-14/h1,3,5-9,12,14,21H,2,4,10-11H2,(H2,20,24)/t14-/m1/s1/i2D/t2?,14-. The van der Waals surface area contributed by atoms with Crippen molar-refractivity contribution in [1.29, 1.82) is 0 Å². The van der Waals surface area contributed by atoms with E-state index in [0.29, 0.717) is 17.0 Å². The smallest absolute Gasteiger partial charge is 0.250 e. The normalized spacial score (nSPS) is 21.6. The molecule has 5 nitrogen and oxygen atoms in total. The first-order valence-corrected chi connectivity index (χ1v) is 8.13. The van der Waals surface area contributed by atoms with E-state index < -0.39 is 5.91 Å². The highest BCUT2D eigenvalue weighted by atomic mass is 16.1. The Kier molecular flexibility index (Phi) is 3.49. The van der Waals surface area contributed by atoms with Gasteiger partial charge in [0.1, 0.15) is 5.52 Å². The molecule has 0 bridgehead atoms. The molecule has 2 aromatic carbocycles. The Morgan fingerprint density at radius 3 is 2.88 bits per heavy atom. The van der Waals surface area contributed by atoms with Gasteiger partial charge < -0.3 is 11.1 Å². The van der Waals surface area contributed by atoms with Gasteiger partial charge >= 0.3 is 0 Å². The number of aromatic nitrogens is 2. The second-order valence-corrected chi connectivity index (χ2v) is 6.15. The van der Waals surface area contributed by atoms with Gasteiger partial charge in [-0.05, 0) is 49.0 Å². The Morgan fingerprint density at radius 1 is 1.29 bits per heavy atom. The Morgan fingerprint density at radius 2 is 2.12 bits per heavy atom. The molecular weight excluding hydrogens is 300 g/mol. The summed E-state index contributed by atoms with van der Waals surface area (Å²) in [4.78, 5) is 11.6. The van der Waals surface area contributed by atoms with E-state index in [1.165, 1.54) is 5.56 Å². The maximum absolute atomic E-state index is 11.6. The monoisotopic (exact) mass is 321 g/mol. The second-order valence-electron chi connectivity index (χ2n) is 6.15. The summed E-state index contributed by atoms with van der Waals surface area (Å²) in [7, 11) is 0. The van der Waals surface area contributed by atoms with E-state index in [1.807, 2.05) is 30.5 Å². The van der Waals surface area contributed by atoms with Crippen LogP contribution in [0.3, 0.4) is 0 Å². The summed E-state index contributed by atoms with van der Waals surface area (Å²) in [5.74, 6) is -0.0931. The summed E-state index contributed by atoms with van der Waals surface area (Å²) in [6.07, 6.45) is 2.75. The van der Waals surface area contributed by atoms with Gasteiger partial charge in [-0.2, -0.15) is 5.10 Å². The van der Waals surface area contributed by atoms with Crippen molar-refractivity contribution in [3.8, 4) is 5.69 Å². The van der Waals surface area contributed by atoms with Crippen LogP contribution < -0.4 is 11.1 Å². The average molecular weight is 321 g/mol. The van der Waals surface area contributed by atoms with Gasteiger partial charge in [0.05, 0.1) is 11.3 Å². The summed E-state index contributed by atoms with van der Waals surface area (Å²) in [5, 5.41) is 8.73. The number of fused-ring (bicyclic) bond motifs is 1. The minimum absolute atomic E-state index is 0.0398.